The first-order valence-corrected chi connectivity index (χ1v) is 6.65. The van der Waals surface area contributed by atoms with Crippen molar-refractivity contribution >= 4 is 11.8 Å². The van der Waals surface area contributed by atoms with Crippen LogP contribution in [-0.4, -0.2) is 16.9 Å². The van der Waals surface area contributed by atoms with Crippen molar-refractivity contribution in [1.29, 1.82) is 0 Å². The fraction of sp³-hybridized carbons (Fsp3) is 0.125. The fourth-order valence-corrected chi connectivity index (χ4v) is 2.26. The van der Waals surface area contributed by atoms with Gasteiger partial charge in [-0.15, -0.1) is 5.06 Å². The molecule has 3 rings (SSSR count). The van der Waals surface area contributed by atoms with Gasteiger partial charge in [0, 0.05) is 0 Å². The lowest BCUT2D eigenvalue weighted by Crippen LogP contribution is -2.29. The monoisotopic (exact) mass is 321 g/mol. The Morgan fingerprint density at radius 2 is 1.52 bits per heavy atom. The van der Waals surface area contributed by atoms with Crippen LogP contribution in [0, 0.1) is 0 Å². The molecule has 0 atom stereocenters. The van der Waals surface area contributed by atoms with Crippen LogP contribution in [0.25, 0.3) is 0 Å². The Balaban J connectivity index is 1.75. The largest absolute Gasteiger partial charge is 0.416 e. The van der Waals surface area contributed by atoms with E-state index in [-0.39, 0.29) is 23.3 Å². The first-order chi connectivity index (χ1) is 10.9. The quantitative estimate of drug-likeness (QED) is 0.814. The van der Waals surface area contributed by atoms with Crippen molar-refractivity contribution in [3.63, 3.8) is 0 Å². The lowest BCUT2D eigenvalue weighted by atomic mass is 10.1. The minimum atomic E-state index is -4.47. The molecule has 0 saturated heterocycles. The highest BCUT2D eigenvalue weighted by Gasteiger charge is 2.36. The molecule has 0 unspecified atom stereocenters. The molecule has 7 heteroatoms. The first-order valence-electron chi connectivity index (χ1n) is 6.65. The van der Waals surface area contributed by atoms with E-state index >= 15 is 0 Å². The van der Waals surface area contributed by atoms with Crippen LogP contribution in [0.3, 0.4) is 0 Å². The number of imide groups is 1. The maximum atomic E-state index is 12.7. The zero-order chi connectivity index (χ0) is 16.6. The van der Waals surface area contributed by atoms with Gasteiger partial charge in [-0.2, -0.15) is 13.2 Å². The van der Waals surface area contributed by atoms with Gasteiger partial charge in [-0.05, 0) is 29.8 Å². The summed E-state index contributed by atoms with van der Waals surface area (Å²) in [7, 11) is 0. The molecule has 0 bridgehead atoms. The van der Waals surface area contributed by atoms with Gasteiger partial charge < -0.3 is 0 Å². The molecule has 0 aliphatic carbocycles. The molecule has 2 aromatic carbocycles. The van der Waals surface area contributed by atoms with Gasteiger partial charge >= 0.3 is 6.18 Å². The van der Waals surface area contributed by atoms with Crippen LogP contribution < -0.4 is 0 Å². The number of hydroxylamine groups is 2. The minimum Gasteiger partial charge on any atom is -0.266 e. The van der Waals surface area contributed by atoms with E-state index in [2.05, 4.69) is 0 Å². The van der Waals surface area contributed by atoms with Crippen LogP contribution in [0.4, 0.5) is 13.2 Å². The van der Waals surface area contributed by atoms with E-state index in [9.17, 15) is 22.8 Å². The fourth-order valence-electron chi connectivity index (χ4n) is 2.26. The normalized spacial score (nSPS) is 14.3. The van der Waals surface area contributed by atoms with Crippen molar-refractivity contribution in [3.05, 3.63) is 70.8 Å². The summed E-state index contributed by atoms with van der Waals surface area (Å²) in [5, 5.41) is 0.574. The summed E-state index contributed by atoms with van der Waals surface area (Å²) in [4.78, 5) is 29.2. The summed E-state index contributed by atoms with van der Waals surface area (Å²) in [6.45, 7) is -0.324. The third-order valence-electron chi connectivity index (χ3n) is 3.37. The molecule has 4 nitrogen and oxygen atoms in total. The van der Waals surface area contributed by atoms with Gasteiger partial charge in [-0.25, -0.2) is 0 Å². The summed E-state index contributed by atoms with van der Waals surface area (Å²) in [5.41, 5.74) is -0.194. The van der Waals surface area contributed by atoms with Crippen LogP contribution >= 0.6 is 0 Å². The highest BCUT2D eigenvalue weighted by atomic mass is 19.4. The van der Waals surface area contributed by atoms with Gasteiger partial charge in [0.25, 0.3) is 11.8 Å². The Kier molecular flexibility index (Phi) is 3.65. The van der Waals surface area contributed by atoms with Crippen molar-refractivity contribution in [1.82, 2.24) is 5.06 Å². The van der Waals surface area contributed by atoms with Crippen molar-refractivity contribution in [2.75, 3.05) is 0 Å². The van der Waals surface area contributed by atoms with Crippen molar-refractivity contribution in [2.24, 2.45) is 0 Å². The lowest BCUT2D eigenvalue weighted by molar-refractivity contribution is -0.138. The Bertz CT molecular complexity index is 751. The molecule has 0 fully saturated rings. The molecule has 0 spiro atoms. The standard InChI is InChI=1S/C16H10F3NO3/c17-16(18,19)11-5-3-4-10(8-11)9-23-20-14(21)12-6-1-2-7-13(12)15(20)22/h1-8H,9H2. The van der Waals surface area contributed by atoms with E-state index in [1.54, 1.807) is 12.1 Å². The molecule has 2 aromatic rings. The van der Waals surface area contributed by atoms with E-state index < -0.39 is 23.6 Å². The SMILES string of the molecule is O=C1c2ccccc2C(=O)N1OCc1cccc(C(F)(F)F)c1. The number of hydrogen-bond acceptors (Lipinski definition) is 3. The number of carbonyl (C=O) groups is 2. The number of halogens is 3. The highest BCUT2D eigenvalue weighted by Crippen LogP contribution is 2.30. The van der Waals surface area contributed by atoms with Crippen LogP contribution in [0.5, 0.6) is 0 Å². The van der Waals surface area contributed by atoms with Crippen LogP contribution in [0.1, 0.15) is 31.8 Å². The Morgan fingerprint density at radius 1 is 0.913 bits per heavy atom. The maximum absolute atomic E-state index is 12.7. The molecule has 0 aromatic heterocycles. The molecule has 118 valence electrons. The third-order valence-corrected chi connectivity index (χ3v) is 3.37. The summed E-state index contributed by atoms with van der Waals surface area (Å²) >= 11 is 0. The zero-order valence-corrected chi connectivity index (χ0v) is 11.6. The van der Waals surface area contributed by atoms with Gasteiger partial charge in [-0.1, -0.05) is 24.3 Å². The average Bonchev–Trinajstić information content (AvgIpc) is 2.77. The van der Waals surface area contributed by atoms with Gasteiger partial charge in [0.2, 0.25) is 0 Å². The van der Waals surface area contributed by atoms with E-state index in [4.69, 9.17) is 4.84 Å². The number of amides is 2. The van der Waals surface area contributed by atoms with Crippen LogP contribution in [0.15, 0.2) is 48.5 Å². The Labute approximate surface area is 129 Å². The number of carbonyl (C=O) groups excluding carboxylic acids is 2. The number of fused-ring (bicyclic) bond motifs is 1. The van der Waals surface area contributed by atoms with E-state index in [1.807, 2.05) is 0 Å². The second-order valence-electron chi connectivity index (χ2n) is 4.92. The van der Waals surface area contributed by atoms with Gasteiger partial charge in [0.05, 0.1) is 16.7 Å². The number of alkyl halides is 3. The van der Waals surface area contributed by atoms with Crippen molar-refractivity contribution in [3.8, 4) is 0 Å². The van der Waals surface area contributed by atoms with E-state index in [1.165, 1.54) is 24.3 Å². The second kappa shape index (κ2) is 5.51. The molecule has 0 N–H and O–H groups in total. The topological polar surface area (TPSA) is 46.6 Å². The average molecular weight is 321 g/mol. The molecular weight excluding hydrogens is 311 g/mol. The Hall–Kier alpha value is -2.67. The smallest absolute Gasteiger partial charge is 0.266 e. The van der Waals surface area contributed by atoms with Gasteiger partial charge in [-0.3, -0.25) is 14.4 Å². The second-order valence-corrected chi connectivity index (χ2v) is 4.92. The third kappa shape index (κ3) is 2.83. The van der Waals surface area contributed by atoms with E-state index in [0.717, 1.165) is 12.1 Å². The molecule has 1 aliphatic rings. The molecule has 0 saturated carbocycles. The van der Waals surface area contributed by atoms with Gasteiger partial charge in [0.1, 0.15) is 6.61 Å². The molecular formula is C16H10F3NO3. The summed E-state index contributed by atoms with van der Waals surface area (Å²) in [6.07, 6.45) is -4.47. The van der Waals surface area contributed by atoms with Crippen molar-refractivity contribution in [2.45, 2.75) is 12.8 Å². The molecule has 0 radical (unpaired) electrons. The molecule has 1 heterocycles. The zero-order valence-electron chi connectivity index (χ0n) is 11.6. The Morgan fingerprint density at radius 3 is 2.09 bits per heavy atom. The highest BCUT2D eigenvalue weighted by molar-refractivity contribution is 6.20. The minimum absolute atomic E-state index is 0.205. The maximum Gasteiger partial charge on any atom is 0.416 e. The predicted molar refractivity (Wildman–Crippen MR) is 73.2 cm³/mol. The van der Waals surface area contributed by atoms with E-state index in [0.29, 0.717) is 5.06 Å². The van der Waals surface area contributed by atoms with Crippen LogP contribution in [0.2, 0.25) is 0 Å². The molecule has 23 heavy (non-hydrogen) atoms. The number of hydrogen-bond donors (Lipinski definition) is 0. The molecule has 2 amide bonds. The molecule has 1 aliphatic heterocycles. The number of benzene rings is 2. The summed E-state index contributed by atoms with van der Waals surface area (Å²) in [5.74, 6) is -1.25. The van der Waals surface area contributed by atoms with Gasteiger partial charge in [0.15, 0.2) is 0 Å². The summed E-state index contributed by atoms with van der Waals surface area (Å²) in [6, 6.07) is 10.7. The lowest BCUT2D eigenvalue weighted by Gasteiger charge is -2.14. The number of rotatable bonds is 3. The predicted octanol–water partition coefficient (Wildman–Crippen LogP) is 3.43. The van der Waals surface area contributed by atoms with Crippen LogP contribution in [-0.2, 0) is 17.6 Å². The first kappa shape index (κ1) is 15.2. The summed E-state index contributed by atoms with van der Waals surface area (Å²) < 4.78 is 38.0. The van der Waals surface area contributed by atoms with Crippen molar-refractivity contribution < 1.29 is 27.6 Å². The number of nitrogens with zero attached hydrogens (tertiary/aromatic N) is 1.